The molecule has 0 unspecified atom stereocenters. The van der Waals surface area contributed by atoms with Gasteiger partial charge in [-0.3, -0.25) is 0 Å². The van der Waals surface area contributed by atoms with Gasteiger partial charge in [0, 0.05) is 28.5 Å². The zero-order valence-electron chi connectivity index (χ0n) is 14.6. The molecule has 0 bridgehead atoms. The van der Waals surface area contributed by atoms with Gasteiger partial charge in [-0.1, -0.05) is 36.4 Å². The third-order valence-electron chi connectivity index (χ3n) is 4.59. The summed E-state index contributed by atoms with van der Waals surface area (Å²) in [4.78, 5) is 15.4. The van der Waals surface area contributed by atoms with Crippen LogP contribution in [0.1, 0.15) is 17.0 Å². The van der Waals surface area contributed by atoms with Crippen molar-refractivity contribution in [1.29, 1.82) is 0 Å². The highest BCUT2D eigenvalue weighted by Crippen LogP contribution is 2.22. The van der Waals surface area contributed by atoms with E-state index >= 15 is 0 Å². The van der Waals surface area contributed by atoms with Crippen LogP contribution >= 0.6 is 0 Å². The fourth-order valence-electron chi connectivity index (χ4n) is 3.31. The van der Waals surface area contributed by atoms with Crippen molar-refractivity contribution in [2.24, 2.45) is 0 Å². The van der Waals surface area contributed by atoms with E-state index in [0.717, 1.165) is 34.4 Å². The normalized spacial score (nSPS) is 11.1. The van der Waals surface area contributed by atoms with Crippen LogP contribution < -0.4 is 10.6 Å². The predicted octanol–water partition coefficient (Wildman–Crippen LogP) is 4.26. The van der Waals surface area contributed by atoms with Gasteiger partial charge in [-0.15, -0.1) is 0 Å². The summed E-state index contributed by atoms with van der Waals surface area (Å²) in [5, 5.41) is 8.01. The number of amides is 2. The van der Waals surface area contributed by atoms with Crippen molar-refractivity contribution in [2.45, 2.75) is 19.9 Å². The van der Waals surface area contributed by atoms with Crippen LogP contribution in [0.25, 0.3) is 21.9 Å². The number of furan rings is 1. The van der Waals surface area contributed by atoms with Crippen molar-refractivity contribution in [3.63, 3.8) is 0 Å². The molecule has 5 heteroatoms. The number of carbonyl (C=O) groups is 1. The summed E-state index contributed by atoms with van der Waals surface area (Å²) in [7, 11) is 0. The highest BCUT2D eigenvalue weighted by Gasteiger charge is 2.09. The first-order valence-electron chi connectivity index (χ1n) is 8.76. The number of fused-ring (bicyclic) bond motifs is 2. The second kappa shape index (κ2) is 6.96. The number of hydrogen-bond acceptors (Lipinski definition) is 2. The first-order valence-corrected chi connectivity index (χ1v) is 8.76. The highest BCUT2D eigenvalue weighted by molar-refractivity contribution is 5.84. The van der Waals surface area contributed by atoms with Gasteiger partial charge in [-0.25, -0.2) is 4.79 Å². The van der Waals surface area contributed by atoms with Crippen LogP contribution in [-0.4, -0.2) is 17.6 Å². The first kappa shape index (κ1) is 16.3. The number of para-hydroxylation sites is 2. The van der Waals surface area contributed by atoms with Crippen LogP contribution in [0.2, 0.25) is 0 Å². The number of nitrogens with one attached hydrogen (secondary N) is 3. The van der Waals surface area contributed by atoms with E-state index in [9.17, 15) is 4.79 Å². The van der Waals surface area contributed by atoms with Crippen molar-refractivity contribution in [3.05, 3.63) is 71.6 Å². The molecule has 2 aromatic carbocycles. The Kier molecular flexibility index (Phi) is 4.35. The molecule has 5 nitrogen and oxygen atoms in total. The maximum atomic E-state index is 12.0. The van der Waals surface area contributed by atoms with Gasteiger partial charge in [0.05, 0.1) is 6.54 Å². The number of H-pyrrole nitrogens is 1. The van der Waals surface area contributed by atoms with E-state index in [0.29, 0.717) is 13.1 Å². The Labute approximate surface area is 151 Å². The summed E-state index contributed by atoms with van der Waals surface area (Å²) < 4.78 is 5.70. The minimum absolute atomic E-state index is 0.192. The predicted molar refractivity (Wildman–Crippen MR) is 103 cm³/mol. The fourth-order valence-corrected chi connectivity index (χ4v) is 3.31. The van der Waals surface area contributed by atoms with E-state index in [1.807, 2.05) is 42.5 Å². The molecule has 132 valence electrons. The molecule has 0 aliphatic heterocycles. The molecule has 0 atom stereocenters. The minimum atomic E-state index is -0.192. The van der Waals surface area contributed by atoms with Gasteiger partial charge >= 0.3 is 6.03 Å². The third-order valence-corrected chi connectivity index (χ3v) is 4.59. The third kappa shape index (κ3) is 3.28. The number of hydrogen-bond donors (Lipinski definition) is 3. The molecule has 3 N–H and O–H groups in total. The lowest BCUT2D eigenvalue weighted by Crippen LogP contribution is -2.36. The molecule has 2 heterocycles. The maximum absolute atomic E-state index is 12.0. The molecule has 2 aromatic heterocycles. The zero-order chi connectivity index (χ0) is 17.9. The van der Waals surface area contributed by atoms with Gasteiger partial charge in [0.1, 0.15) is 11.3 Å². The number of carbonyl (C=O) groups excluding carboxylic acids is 1. The summed E-state index contributed by atoms with van der Waals surface area (Å²) >= 11 is 0. The van der Waals surface area contributed by atoms with Crippen LogP contribution in [0.15, 0.2) is 59.0 Å². The molecule has 26 heavy (non-hydrogen) atoms. The van der Waals surface area contributed by atoms with Gasteiger partial charge in [0.2, 0.25) is 0 Å². The van der Waals surface area contributed by atoms with Crippen molar-refractivity contribution < 1.29 is 9.21 Å². The summed E-state index contributed by atoms with van der Waals surface area (Å²) in [6.07, 6.45) is 0.786. The van der Waals surface area contributed by atoms with Crippen molar-refractivity contribution in [3.8, 4) is 0 Å². The number of aromatic nitrogens is 1. The van der Waals surface area contributed by atoms with E-state index in [1.54, 1.807) is 0 Å². The lowest BCUT2D eigenvalue weighted by molar-refractivity contribution is 0.240. The molecule has 0 fully saturated rings. The maximum Gasteiger partial charge on any atom is 0.315 e. The van der Waals surface area contributed by atoms with Crippen LogP contribution in [-0.2, 0) is 13.0 Å². The Hall–Kier alpha value is -3.21. The summed E-state index contributed by atoms with van der Waals surface area (Å²) in [6, 6.07) is 17.8. The molecule has 4 aromatic rings. The lowest BCUT2D eigenvalue weighted by atomic mass is 10.1. The summed E-state index contributed by atoms with van der Waals surface area (Å²) in [5.41, 5.74) is 4.36. The largest absolute Gasteiger partial charge is 0.459 e. The number of aromatic amines is 1. The van der Waals surface area contributed by atoms with Gasteiger partial charge in [0.25, 0.3) is 0 Å². The van der Waals surface area contributed by atoms with Crippen LogP contribution in [0, 0.1) is 6.92 Å². The fraction of sp³-hybridized carbons (Fsp3) is 0.190. The van der Waals surface area contributed by atoms with Crippen molar-refractivity contribution in [2.75, 3.05) is 6.54 Å². The molecule has 0 aliphatic carbocycles. The van der Waals surface area contributed by atoms with Crippen molar-refractivity contribution >= 4 is 27.9 Å². The average Bonchev–Trinajstić information content (AvgIpc) is 3.20. The monoisotopic (exact) mass is 347 g/mol. The van der Waals surface area contributed by atoms with Crippen LogP contribution in [0.3, 0.4) is 0 Å². The van der Waals surface area contributed by atoms with Crippen molar-refractivity contribution in [1.82, 2.24) is 15.6 Å². The molecule has 0 saturated carbocycles. The second-order valence-electron chi connectivity index (χ2n) is 6.38. The topological polar surface area (TPSA) is 70.1 Å². The van der Waals surface area contributed by atoms with Crippen LogP contribution in [0.5, 0.6) is 0 Å². The zero-order valence-corrected chi connectivity index (χ0v) is 14.6. The smallest absolute Gasteiger partial charge is 0.315 e. The quantitative estimate of drug-likeness (QED) is 0.505. The molecule has 0 radical (unpaired) electrons. The summed E-state index contributed by atoms with van der Waals surface area (Å²) in [6.45, 7) is 3.01. The molecule has 0 spiro atoms. The minimum Gasteiger partial charge on any atom is -0.459 e. The Morgan fingerprint density at radius 1 is 1.08 bits per heavy atom. The Morgan fingerprint density at radius 3 is 2.77 bits per heavy atom. The highest BCUT2D eigenvalue weighted by atomic mass is 16.3. The van der Waals surface area contributed by atoms with Crippen LogP contribution in [0.4, 0.5) is 4.79 Å². The molecular weight excluding hydrogens is 326 g/mol. The van der Waals surface area contributed by atoms with E-state index in [2.05, 4.69) is 34.7 Å². The number of benzene rings is 2. The van der Waals surface area contributed by atoms with Gasteiger partial charge in [-0.05, 0) is 37.1 Å². The number of rotatable bonds is 5. The Bertz CT molecular complexity index is 1030. The summed E-state index contributed by atoms with van der Waals surface area (Å²) in [5.74, 6) is 0.744. The first-order chi connectivity index (χ1) is 12.7. The average molecular weight is 347 g/mol. The van der Waals surface area contributed by atoms with Gasteiger partial charge in [-0.2, -0.15) is 0 Å². The van der Waals surface area contributed by atoms with Gasteiger partial charge in [0.15, 0.2) is 0 Å². The Balaban J connectivity index is 1.30. The van der Waals surface area contributed by atoms with E-state index in [-0.39, 0.29) is 6.03 Å². The molecule has 4 rings (SSSR count). The van der Waals surface area contributed by atoms with E-state index < -0.39 is 0 Å². The van der Waals surface area contributed by atoms with Gasteiger partial charge < -0.3 is 20.0 Å². The molecule has 0 aliphatic rings. The second-order valence-corrected chi connectivity index (χ2v) is 6.38. The standard InChI is InChI=1S/C21H21N3O2/c1-14-17(18-7-3-4-8-19(18)24-14)10-11-22-21(25)23-13-16-12-15-6-2-5-9-20(15)26-16/h2-9,12,24H,10-11,13H2,1H3,(H2,22,23,25). The molecule has 0 saturated heterocycles. The molecular formula is C21H21N3O2. The Morgan fingerprint density at radius 2 is 1.88 bits per heavy atom. The SMILES string of the molecule is Cc1[nH]c2ccccc2c1CCNC(=O)NCc1cc2ccccc2o1. The number of aryl methyl sites for hydroxylation is 1. The lowest BCUT2D eigenvalue weighted by Gasteiger charge is -2.07. The van der Waals surface area contributed by atoms with E-state index in [4.69, 9.17) is 4.42 Å². The van der Waals surface area contributed by atoms with E-state index in [1.165, 1.54) is 10.9 Å². The molecule has 2 amide bonds. The number of urea groups is 1.